The van der Waals surface area contributed by atoms with E-state index in [1.54, 1.807) is 0 Å². The number of carboxylic acid groups (broad SMARTS) is 1. The molecule has 5 fully saturated rings. The van der Waals surface area contributed by atoms with Crippen molar-refractivity contribution in [2.45, 2.75) is 56.8 Å². The number of hydrogen-bond acceptors (Lipinski definition) is 4. The van der Waals surface area contributed by atoms with Crippen LogP contribution in [-0.2, 0) is 11.0 Å². The number of primary amides is 1. The Morgan fingerprint density at radius 1 is 1.22 bits per heavy atom. The average Bonchev–Trinajstić information content (AvgIpc) is 3.10. The van der Waals surface area contributed by atoms with Gasteiger partial charge in [-0.2, -0.15) is 13.2 Å². The largest absolute Gasteiger partial charge is 0.465 e. The van der Waals surface area contributed by atoms with Crippen LogP contribution in [-0.4, -0.2) is 45.6 Å². The number of nitrogens with zero attached hydrogens (tertiary/aromatic N) is 2. The molecule has 0 radical (unpaired) electrons. The van der Waals surface area contributed by atoms with Crippen molar-refractivity contribution in [1.82, 2.24) is 9.88 Å². The Bertz CT molecular complexity index is 923. The molecule has 1 aliphatic heterocycles. The molecule has 4 aliphatic carbocycles. The van der Waals surface area contributed by atoms with Crippen LogP contribution in [0, 0.1) is 29.1 Å². The van der Waals surface area contributed by atoms with Gasteiger partial charge in [-0.1, -0.05) is 0 Å². The number of amides is 2. The van der Waals surface area contributed by atoms with Gasteiger partial charge < -0.3 is 21.1 Å². The Hall–Kier alpha value is -2.52. The third-order valence-corrected chi connectivity index (χ3v) is 8.40. The number of carbonyl (C=O) groups is 2. The van der Waals surface area contributed by atoms with Crippen LogP contribution in [0.1, 0.15) is 44.1 Å². The van der Waals surface area contributed by atoms with E-state index in [9.17, 15) is 27.9 Å². The molecule has 2 amide bonds. The number of rotatable bonds is 4. The second-order valence-corrected chi connectivity index (χ2v) is 10.1. The zero-order valence-corrected chi connectivity index (χ0v) is 17.5. The van der Waals surface area contributed by atoms with Crippen molar-refractivity contribution in [2.24, 2.45) is 34.8 Å². The number of anilines is 1. The fourth-order valence-corrected chi connectivity index (χ4v) is 7.52. The maximum absolute atomic E-state index is 13.5. The van der Waals surface area contributed by atoms with E-state index in [0.29, 0.717) is 25.2 Å². The first kappa shape index (κ1) is 21.3. The number of halogens is 3. The molecule has 5 unspecified atom stereocenters. The fourth-order valence-electron chi connectivity index (χ4n) is 7.52. The molecule has 32 heavy (non-hydrogen) atoms. The Kier molecular flexibility index (Phi) is 4.83. The van der Waals surface area contributed by atoms with E-state index >= 15 is 0 Å². The molecule has 174 valence electrons. The summed E-state index contributed by atoms with van der Waals surface area (Å²) in [6.07, 6.45) is 0.0283. The minimum atomic E-state index is -4.56. The topological polar surface area (TPSA) is 109 Å². The van der Waals surface area contributed by atoms with E-state index in [1.807, 2.05) is 0 Å². The summed E-state index contributed by atoms with van der Waals surface area (Å²) in [5.74, 6) is 0.167. The molecule has 1 saturated heterocycles. The van der Waals surface area contributed by atoms with Gasteiger partial charge >= 0.3 is 12.3 Å². The molecule has 1 aromatic rings. The van der Waals surface area contributed by atoms with Gasteiger partial charge in [0.2, 0.25) is 5.91 Å². The van der Waals surface area contributed by atoms with E-state index < -0.39 is 35.3 Å². The summed E-state index contributed by atoms with van der Waals surface area (Å²) in [5, 5.41) is 12.8. The molecule has 7 atom stereocenters. The first-order chi connectivity index (χ1) is 15.1. The monoisotopic (exact) mass is 452 g/mol. The maximum Gasteiger partial charge on any atom is 0.419 e. The lowest BCUT2D eigenvalue weighted by atomic mass is 9.44. The van der Waals surface area contributed by atoms with Gasteiger partial charge in [0.05, 0.1) is 17.6 Å². The van der Waals surface area contributed by atoms with Crippen LogP contribution in [0.15, 0.2) is 18.3 Å². The number of hydrogen-bond donors (Lipinski definition) is 3. The van der Waals surface area contributed by atoms with Crippen molar-refractivity contribution < 1.29 is 27.9 Å². The quantitative estimate of drug-likeness (QED) is 0.647. The summed E-state index contributed by atoms with van der Waals surface area (Å²) in [7, 11) is 0. The van der Waals surface area contributed by atoms with E-state index in [0.717, 1.165) is 25.3 Å². The number of alkyl halides is 3. The molecule has 2 heterocycles. The third kappa shape index (κ3) is 3.29. The molecule has 6 rings (SSSR count). The van der Waals surface area contributed by atoms with Crippen molar-refractivity contribution in [3.8, 4) is 0 Å². The normalized spacial score (nSPS) is 38.2. The van der Waals surface area contributed by atoms with Gasteiger partial charge in [0.25, 0.3) is 0 Å². The molecule has 4 N–H and O–H groups in total. The van der Waals surface area contributed by atoms with Crippen molar-refractivity contribution >= 4 is 17.8 Å². The zero-order valence-electron chi connectivity index (χ0n) is 17.5. The lowest BCUT2D eigenvalue weighted by Crippen LogP contribution is -2.61. The van der Waals surface area contributed by atoms with Crippen LogP contribution >= 0.6 is 0 Å². The molecule has 7 nitrogen and oxygen atoms in total. The highest BCUT2D eigenvalue weighted by atomic mass is 19.4. The maximum atomic E-state index is 13.5. The summed E-state index contributed by atoms with van der Waals surface area (Å²) in [5.41, 5.74) is 4.42. The molecular weight excluding hydrogens is 425 g/mol. The molecule has 10 heteroatoms. The summed E-state index contributed by atoms with van der Waals surface area (Å²) < 4.78 is 40.5. The minimum absolute atomic E-state index is 0.00632. The Labute approximate surface area is 183 Å². The standard InChI is InChI=1S/C22H27F3N4O3/c23-22(24,25)14-2-1-4-27-18(14)28-15-3-5-29(20(31)32)17(15)16-12-6-11-7-13(16)10-21(8-11,9-12)19(26)30/h1-2,4,11-13,15-17H,3,5-10H2,(H2,26,30)(H,27,28)(H,31,32)/t11?,12-,13?,15?,16?,17+,21?/m0/s1. The van der Waals surface area contributed by atoms with Gasteiger partial charge in [-0.3, -0.25) is 4.79 Å². The predicted molar refractivity (Wildman–Crippen MR) is 108 cm³/mol. The van der Waals surface area contributed by atoms with Crippen LogP contribution in [0.4, 0.5) is 23.8 Å². The Balaban J connectivity index is 1.47. The number of likely N-dealkylation sites (tertiary alicyclic amines) is 1. The van der Waals surface area contributed by atoms with Crippen LogP contribution in [0.2, 0.25) is 0 Å². The molecule has 4 bridgehead atoms. The van der Waals surface area contributed by atoms with Crippen LogP contribution in [0.3, 0.4) is 0 Å². The summed E-state index contributed by atoms with van der Waals surface area (Å²) in [6, 6.07) is 1.28. The molecular formula is C22H27F3N4O3. The number of pyridine rings is 1. The molecule has 5 aliphatic rings. The summed E-state index contributed by atoms with van der Waals surface area (Å²) in [4.78, 5) is 29.7. The van der Waals surface area contributed by atoms with Gasteiger partial charge in [0, 0.05) is 18.2 Å². The number of carbonyl (C=O) groups excluding carboxylic acids is 1. The van der Waals surface area contributed by atoms with Gasteiger partial charge in [-0.15, -0.1) is 0 Å². The average molecular weight is 452 g/mol. The number of nitrogens with two attached hydrogens (primary N) is 1. The van der Waals surface area contributed by atoms with Crippen LogP contribution < -0.4 is 11.1 Å². The van der Waals surface area contributed by atoms with E-state index in [4.69, 9.17) is 5.73 Å². The van der Waals surface area contributed by atoms with Crippen LogP contribution in [0.5, 0.6) is 0 Å². The van der Waals surface area contributed by atoms with Crippen LogP contribution in [0.25, 0.3) is 0 Å². The van der Waals surface area contributed by atoms with Gasteiger partial charge in [0.1, 0.15) is 5.82 Å². The SMILES string of the molecule is NC(=O)C12CC3CC(C1)C([C@H]1C(Nc4ncccc4C(F)(F)F)CCN1C(=O)O)[C@@H](C3)C2. The van der Waals surface area contributed by atoms with Crippen molar-refractivity contribution in [2.75, 3.05) is 11.9 Å². The highest BCUT2D eigenvalue weighted by Crippen LogP contribution is 2.63. The van der Waals surface area contributed by atoms with E-state index in [2.05, 4.69) is 10.3 Å². The molecule has 4 saturated carbocycles. The van der Waals surface area contributed by atoms with Crippen molar-refractivity contribution in [3.63, 3.8) is 0 Å². The smallest absolute Gasteiger partial charge is 0.419 e. The molecule has 0 spiro atoms. The lowest BCUT2D eigenvalue weighted by molar-refractivity contribution is -0.154. The molecule has 1 aromatic heterocycles. The van der Waals surface area contributed by atoms with Gasteiger partial charge in [-0.05, 0) is 74.3 Å². The Morgan fingerprint density at radius 3 is 2.50 bits per heavy atom. The van der Waals surface area contributed by atoms with Crippen molar-refractivity contribution in [3.05, 3.63) is 23.9 Å². The second-order valence-electron chi connectivity index (χ2n) is 10.1. The van der Waals surface area contributed by atoms with E-state index in [-0.39, 0.29) is 36.0 Å². The lowest BCUT2D eigenvalue weighted by Gasteiger charge is -2.61. The first-order valence-corrected chi connectivity index (χ1v) is 11.2. The fraction of sp³-hybridized carbons (Fsp3) is 0.682. The summed E-state index contributed by atoms with van der Waals surface area (Å²) >= 11 is 0. The highest BCUT2D eigenvalue weighted by molar-refractivity contribution is 5.81. The predicted octanol–water partition coefficient (Wildman–Crippen LogP) is 3.56. The van der Waals surface area contributed by atoms with Crippen molar-refractivity contribution in [1.29, 1.82) is 0 Å². The van der Waals surface area contributed by atoms with E-state index in [1.165, 1.54) is 17.2 Å². The minimum Gasteiger partial charge on any atom is -0.465 e. The number of nitrogens with one attached hydrogen (secondary N) is 1. The van der Waals surface area contributed by atoms with Gasteiger partial charge in [0.15, 0.2) is 0 Å². The third-order valence-electron chi connectivity index (χ3n) is 8.40. The van der Waals surface area contributed by atoms with Gasteiger partial charge in [-0.25, -0.2) is 9.78 Å². The first-order valence-electron chi connectivity index (χ1n) is 11.2. The number of aromatic nitrogens is 1. The zero-order chi connectivity index (χ0) is 22.8. The highest BCUT2D eigenvalue weighted by Gasteiger charge is 2.61. The second kappa shape index (κ2) is 7.25. The molecule has 0 aromatic carbocycles. The Morgan fingerprint density at radius 2 is 1.91 bits per heavy atom. The summed E-state index contributed by atoms with van der Waals surface area (Å²) in [6.45, 7) is 0.256.